The van der Waals surface area contributed by atoms with E-state index < -0.39 is 0 Å². The lowest BCUT2D eigenvalue weighted by Crippen LogP contribution is -2.34. The van der Waals surface area contributed by atoms with E-state index in [1.165, 1.54) is 38.5 Å². The highest BCUT2D eigenvalue weighted by Gasteiger charge is 2.22. The maximum Gasteiger partial charge on any atom is 0.220 e. The van der Waals surface area contributed by atoms with E-state index >= 15 is 0 Å². The second-order valence-corrected chi connectivity index (χ2v) is 6.16. The van der Waals surface area contributed by atoms with Crippen LogP contribution in [0.3, 0.4) is 0 Å². The van der Waals surface area contributed by atoms with Gasteiger partial charge in [0.1, 0.15) is 0 Å². The maximum atomic E-state index is 11.8. The summed E-state index contributed by atoms with van der Waals surface area (Å²) in [5.74, 6) is 1.75. The molecular weight excluding hydrogens is 260 g/mol. The highest BCUT2D eigenvalue weighted by molar-refractivity contribution is 5.85. The van der Waals surface area contributed by atoms with Crippen LogP contribution in [0.15, 0.2) is 0 Å². The summed E-state index contributed by atoms with van der Waals surface area (Å²) in [5, 5.41) is 6.58. The Bertz CT molecular complexity index is 267. The van der Waals surface area contributed by atoms with Crippen molar-refractivity contribution in [1.29, 1.82) is 0 Å². The summed E-state index contributed by atoms with van der Waals surface area (Å²) in [6.07, 6.45) is 9.57. The molecule has 1 saturated heterocycles. The van der Waals surface area contributed by atoms with Crippen molar-refractivity contribution in [3.05, 3.63) is 0 Å². The van der Waals surface area contributed by atoms with Gasteiger partial charge in [0, 0.05) is 19.0 Å². The average molecular weight is 289 g/mol. The summed E-state index contributed by atoms with van der Waals surface area (Å²) in [7, 11) is 0. The third kappa shape index (κ3) is 5.70. The highest BCUT2D eigenvalue weighted by atomic mass is 35.5. The normalized spacial score (nSPS) is 30.7. The van der Waals surface area contributed by atoms with Crippen LogP contribution in [0.2, 0.25) is 0 Å². The van der Waals surface area contributed by atoms with E-state index in [0.717, 1.165) is 25.4 Å². The van der Waals surface area contributed by atoms with Crippen LogP contribution in [0.4, 0.5) is 0 Å². The van der Waals surface area contributed by atoms with Gasteiger partial charge in [0.05, 0.1) is 0 Å². The number of rotatable bonds is 5. The van der Waals surface area contributed by atoms with Crippen molar-refractivity contribution in [1.82, 2.24) is 10.6 Å². The van der Waals surface area contributed by atoms with Crippen LogP contribution in [0.5, 0.6) is 0 Å². The molecule has 3 nitrogen and oxygen atoms in total. The average Bonchev–Trinajstić information content (AvgIpc) is 2.88. The Morgan fingerprint density at radius 2 is 2.00 bits per heavy atom. The number of nitrogens with one attached hydrogen (secondary N) is 2. The molecule has 0 aromatic heterocycles. The fraction of sp³-hybridized carbons (Fsp3) is 0.933. The fourth-order valence-corrected chi connectivity index (χ4v) is 3.34. The minimum absolute atomic E-state index is 0. The van der Waals surface area contributed by atoms with Crippen molar-refractivity contribution >= 4 is 18.3 Å². The largest absolute Gasteiger partial charge is 0.356 e. The Morgan fingerprint density at radius 3 is 2.68 bits per heavy atom. The molecule has 2 fully saturated rings. The molecule has 0 radical (unpaired) electrons. The Morgan fingerprint density at radius 1 is 1.21 bits per heavy atom. The molecule has 0 spiro atoms. The third-order valence-corrected chi connectivity index (χ3v) is 4.73. The first-order valence-corrected chi connectivity index (χ1v) is 7.76. The molecule has 1 heterocycles. The zero-order valence-corrected chi connectivity index (χ0v) is 12.9. The molecule has 19 heavy (non-hydrogen) atoms. The van der Waals surface area contributed by atoms with Gasteiger partial charge in [0.25, 0.3) is 0 Å². The number of halogens is 1. The molecule has 3 unspecified atom stereocenters. The zero-order valence-electron chi connectivity index (χ0n) is 12.1. The van der Waals surface area contributed by atoms with Gasteiger partial charge >= 0.3 is 0 Å². The summed E-state index contributed by atoms with van der Waals surface area (Å²) < 4.78 is 0. The summed E-state index contributed by atoms with van der Waals surface area (Å²) >= 11 is 0. The van der Waals surface area contributed by atoms with Crippen molar-refractivity contribution in [2.24, 2.45) is 11.8 Å². The molecule has 0 aromatic carbocycles. The van der Waals surface area contributed by atoms with Crippen LogP contribution in [0.25, 0.3) is 0 Å². The van der Waals surface area contributed by atoms with E-state index in [1.807, 2.05) is 0 Å². The summed E-state index contributed by atoms with van der Waals surface area (Å²) in [6.45, 7) is 4.36. The van der Waals surface area contributed by atoms with Gasteiger partial charge in [-0.1, -0.05) is 26.2 Å². The molecule has 1 amide bonds. The monoisotopic (exact) mass is 288 g/mol. The van der Waals surface area contributed by atoms with Crippen molar-refractivity contribution in [3.63, 3.8) is 0 Å². The number of carbonyl (C=O) groups is 1. The molecule has 2 rings (SSSR count). The molecule has 2 N–H and O–H groups in total. The van der Waals surface area contributed by atoms with E-state index in [1.54, 1.807) is 0 Å². The molecular formula is C15H29ClN2O. The first-order chi connectivity index (χ1) is 8.75. The molecule has 112 valence electrons. The van der Waals surface area contributed by atoms with Gasteiger partial charge in [-0.3, -0.25) is 4.79 Å². The molecule has 0 aromatic rings. The SMILES string of the molecule is CC1CCCCC1CNC(=O)CCC1CCCN1.Cl. The molecule has 3 atom stereocenters. The third-order valence-electron chi connectivity index (χ3n) is 4.73. The fourth-order valence-electron chi connectivity index (χ4n) is 3.34. The Kier molecular flexibility index (Phi) is 7.77. The summed E-state index contributed by atoms with van der Waals surface area (Å²) in [4.78, 5) is 11.8. The van der Waals surface area contributed by atoms with Gasteiger partial charge in [-0.15, -0.1) is 12.4 Å². The predicted molar refractivity (Wildman–Crippen MR) is 81.6 cm³/mol. The quantitative estimate of drug-likeness (QED) is 0.817. The lowest BCUT2D eigenvalue weighted by molar-refractivity contribution is -0.121. The molecule has 1 aliphatic heterocycles. The molecule has 1 saturated carbocycles. The molecule has 4 heteroatoms. The standard InChI is InChI=1S/C15H28N2O.ClH/c1-12-5-2-3-6-13(12)11-17-15(18)9-8-14-7-4-10-16-14;/h12-14,16H,2-11H2,1H3,(H,17,18);1H. The minimum Gasteiger partial charge on any atom is -0.356 e. The maximum absolute atomic E-state index is 11.8. The Hall–Kier alpha value is -0.280. The predicted octanol–water partition coefficient (Wildman–Crippen LogP) is 2.88. The van der Waals surface area contributed by atoms with Crippen molar-refractivity contribution in [3.8, 4) is 0 Å². The number of amides is 1. The first kappa shape index (κ1) is 16.8. The van der Waals surface area contributed by atoms with Gasteiger partial charge in [0.2, 0.25) is 5.91 Å². The topological polar surface area (TPSA) is 41.1 Å². The summed E-state index contributed by atoms with van der Waals surface area (Å²) in [6, 6.07) is 0.587. The van der Waals surface area contributed by atoms with Gasteiger partial charge < -0.3 is 10.6 Å². The van der Waals surface area contributed by atoms with Gasteiger partial charge in [-0.25, -0.2) is 0 Å². The minimum atomic E-state index is 0. The molecule has 0 bridgehead atoms. The smallest absolute Gasteiger partial charge is 0.220 e. The number of hydrogen-bond donors (Lipinski definition) is 2. The lowest BCUT2D eigenvalue weighted by Gasteiger charge is -2.28. The van der Waals surface area contributed by atoms with Crippen molar-refractivity contribution in [2.45, 2.75) is 64.3 Å². The molecule has 1 aliphatic carbocycles. The molecule has 2 aliphatic rings. The van der Waals surface area contributed by atoms with Crippen molar-refractivity contribution < 1.29 is 4.79 Å². The van der Waals surface area contributed by atoms with Crippen LogP contribution in [0.1, 0.15) is 58.3 Å². The first-order valence-electron chi connectivity index (χ1n) is 7.76. The van der Waals surface area contributed by atoms with Gasteiger partial charge in [-0.05, 0) is 44.1 Å². The van der Waals surface area contributed by atoms with E-state index in [9.17, 15) is 4.79 Å². The van der Waals surface area contributed by atoms with E-state index in [2.05, 4.69) is 17.6 Å². The second kappa shape index (κ2) is 8.80. The number of carbonyl (C=O) groups excluding carboxylic acids is 1. The lowest BCUT2D eigenvalue weighted by atomic mass is 9.80. The van der Waals surface area contributed by atoms with Gasteiger partial charge in [0.15, 0.2) is 0 Å². The van der Waals surface area contributed by atoms with E-state index in [0.29, 0.717) is 18.4 Å². The Balaban J connectivity index is 0.00000180. The van der Waals surface area contributed by atoms with E-state index in [4.69, 9.17) is 0 Å². The Labute approximate surface area is 123 Å². The van der Waals surface area contributed by atoms with Crippen LogP contribution in [0, 0.1) is 11.8 Å². The van der Waals surface area contributed by atoms with Crippen LogP contribution in [-0.4, -0.2) is 25.0 Å². The second-order valence-electron chi connectivity index (χ2n) is 6.16. The van der Waals surface area contributed by atoms with E-state index in [-0.39, 0.29) is 18.3 Å². The zero-order chi connectivity index (χ0) is 12.8. The van der Waals surface area contributed by atoms with Crippen LogP contribution >= 0.6 is 12.4 Å². The van der Waals surface area contributed by atoms with Gasteiger partial charge in [-0.2, -0.15) is 0 Å². The van der Waals surface area contributed by atoms with Crippen LogP contribution < -0.4 is 10.6 Å². The van der Waals surface area contributed by atoms with Crippen molar-refractivity contribution in [2.75, 3.05) is 13.1 Å². The summed E-state index contributed by atoms with van der Waals surface area (Å²) in [5.41, 5.74) is 0. The highest BCUT2D eigenvalue weighted by Crippen LogP contribution is 2.28. The van der Waals surface area contributed by atoms with Crippen LogP contribution in [-0.2, 0) is 4.79 Å². The number of hydrogen-bond acceptors (Lipinski definition) is 2.